The fourth-order valence-electron chi connectivity index (χ4n) is 3.26. The van der Waals surface area contributed by atoms with Crippen molar-refractivity contribution < 1.29 is 14.1 Å². The van der Waals surface area contributed by atoms with Gasteiger partial charge in [0.05, 0.1) is 19.1 Å². The lowest BCUT2D eigenvalue weighted by Crippen LogP contribution is -2.46. The van der Waals surface area contributed by atoms with Crippen molar-refractivity contribution in [3.05, 3.63) is 47.1 Å². The monoisotopic (exact) mass is 341 g/mol. The lowest BCUT2D eigenvalue weighted by Gasteiger charge is -2.35. The molecule has 2 heterocycles. The van der Waals surface area contributed by atoms with Crippen molar-refractivity contribution in [1.29, 1.82) is 0 Å². The number of hydrogen-bond donors (Lipinski definition) is 0. The smallest absolute Gasteiger partial charge is 0.257 e. The summed E-state index contributed by atoms with van der Waals surface area (Å²) in [6, 6.07) is 8.00. The van der Waals surface area contributed by atoms with E-state index in [0.717, 1.165) is 29.8 Å². The maximum atomic E-state index is 12.8. The Labute approximate surface area is 147 Å². The van der Waals surface area contributed by atoms with Gasteiger partial charge in [-0.25, -0.2) is 0 Å². The van der Waals surface area contributed by atoms with E-state index in [1.165, 1.54) is 0 Å². The molecule has 0 spiro atoms. The van der Waals surface area contributed by atoms with Gasteiger partial charge in [-0.1, -0.05) is 29.4 Å². The van der Waals surface area contributed by atoms with Gasteiger partial charge in [0.25, 0.3) is 5.89 Å². The van der Waals surface area contributed by atoms with E-state index in [4.69, 9.17) is 9.26 Å². The maximum absolute atomic E-state index is 12.8. The van der Waals surface area contributed by atoms with Gasteiger partial charge in [-0.3, -0.25) is 4.79 Å². The molecular formula is C19H23N3O3. The fraction of sp³-hybridized carbons (Fsp3) is 0.526. The number of rotatable bonds is 4. The van der Waals surface area contributed by atoms with Crippen LogP contribution in [0.25, 0.3) is 0 Å². The summed E-state index contributed by atoms with van der Waals surface area (Å²) in [4.78, 5) is 19.1. The first kappa shape index (κ1) is 16.3. The van der Waals surface area contributed by atoms with E-state index < -0.39 is 0 Å². The highest BCUT2D eigenvalue weighted by atomic mass is 16.5. The van der Waals surface area contributed by atoms with Crippen LogP contribution in [0, 0.1) is 6.92 Å². The van der Waals surface area contributed by atoms with Crippen molar-refractivity contribution in [2.24, 2.45) is 0 Å². The molecule has 132 valence electrons. The number of morpholine rings is 1. The second-order valence-electron chi connectivity index (χ2n) is 7.10. The van der Waals surface area contributed by atoms with Crippen LogP contribution >= 0.6 is 0 Å². The molecule has 1 amide bonds. The molecule has 1 aromatic carbocycles. The quantitative estimate of drug-likeness (QED) is 0.855. The lowest BCUT2D eigenvalue weighted by molar-refractivity contribution is -0.146. The lowest BCUT2D eigenvalue weighted by atomic mass is 10.0. The van der Waals surface area contributed by atoms with E-state index in [2.05, 4.69) is 10.1 Å². The third kappa shape index (κ3) is 3.58. The average molecular weight is 341 g/mol. The summed E-state index contributed by atoms with van der Waals surface area (Å²) in [5, 5.41) is 4.06. The molecule has 0 bridgehead atoms. The van der Waals surface area contributed by atoms with Crippen LogP contribution in [0.3, 0.4) is 0 Å². The number of aryl methyl sites for hydroxylation is 1. The van der Waals surface area contributed by atoms with Crippen molar-refractivity contribution in [3.63, 3.8) is 0 Å². The summed E-state index contributed by atoms with van der Waals surface area (Å²) in [6.07, 6.45) is 2.26. The van der Waals surface area contributed by atoms with E-state index >= 15 is 0 Å². The second-order valence-corrected chi connectivity index (χ2v) is 7.10. The summed E-state index contributed by atoms with van der Waals surface area (Å²) >= 11 is 0. The molecule has 25 heavy (non-hydrogen) atoms. The van der Waals surface area contributed by atoms with Crippen molar-refractivity contribution in [2.75, 3.05) is 13.1 Å². The predicted molar refractivity (Wildman–Crippen MR) is 91.0 cm³/mol. The van der Waals surface area contributed by atoms with Gasteiger partial charge in [0.1, 0.15) is 0 Å². The molecular weight excluding hydrogens is 318 g/mol. The van der Waals surface area contributed by atoms with Gasteiger partial charge in [-0.15, -0.1) is 0 Å². The molecule has 4 rings (SSSR count). The predicted octanol–water partition coefficient (Wildman–Crippen LogP) is 2.79. The van der Waals surface area contributed by atoms with Crippen LogP contribution < -0.4 is 0 Å². The standard InChI is InChI=1S/C19H23N3O3/c1-12-5-3-4-6-15(12)9-17(23)22-10-13(2)24-16(11-22)19-20-18(21-25-19)14-7-8-14/h3-6,13-14,16H,7-11H2,1-2H3/t13-,16-/m1/s1. The number of ether oxygens (including phenoxy) is 1. The second kappa shape index (κ2) is 6.59. The highest BCUT2D eigenvalue weighted by Crippen LogP contribution is 2.39. The summed E-state index contributed by atoms with van der Waals surface area (Å²) in [5.41, 5.74) is 2.21. The zero-order valence-electron chi connectivity index (χ0n) is 14.6. The Morgan fingerprint density at radius 1 is 1.28 bits per heavy atom. The molecule has 2 atom stereocenters. The molecule has 1 saturated carbocycles. The zero-order valence-corrected chi connectivity index (χ0v) is 14.6. The largest absolute Gasteiger partial charge is 0.362 e. The van der Waals surface area contributed by atoms with Crippen molar-refractivity contribution in [2.45, 2.75) is 51.2 Å². The molecule has 2 aromatic rings. The Hall–Kier alpha value is -2.21. The van der Waals surface area contributed by atoms with Crippen molar-refractivity contribution in [3.8, 4) is 0 Å². The van der Waals surface area contributed by atoms with Crippen LogP contribution in [0.1, 0.15) is 54.6 Å². The molecule has 1 aliphatic carbocycles. The Balaban J connectivity index is 1.46. The maximum Gasteiger partial charge on any atom is 0.257 e. The molecule has 2 fully saturated rings. The number of nitrogens with zero attached hydrogens (tertiary/aromatic N) is 3. The van der Waals surface area contributed by atoms with Crippen LogP contribution in [-0.2, 0) is 16.0 Å². The molecule has 6 heteroatoms. The highest BCUT2D eigenvalue weighted by molar-refractivity contribution is 5.79. The summed E-state index contributed by atoms with van der Waals surface area (Å²) < 4.78 is 11.3. The van der Waals surface area contributed by atoms with Crippen LogP contribution in [0.2, 0.25) is 0 Å². The van der Waals surface area contributed by atoms with Gasteiger partial charge < -0.3 is 14.2 Å². The first-order chi connectivity index (χ1) is 12.1. The first-order valence-electron chi connectivity index (χ1n) is 8.91. The third-order valence-electron chi connectivity index (χ3n) is 4.89. The van der Waals surface area contributed by atoms with Gasteiger partial charge >= 0.3 is 0 Å². The Morgan fingerprint density at radius 3 is 2.84 bits per heavy atom. The number of benzene rings is 1. The van der Waals surface area contributed by atoms with Crippen LogP contribution in [-0.4, -0.2) is 40.1 Å². The minimum absolute atomic E-state index is 0.0594. The zero-order chi connectivity index (χ0) is 17.4. The van der Waals surface area contributed by atoms with Gasteiger partial charge in [0.2, 0.25) is 5.91 Å². The molecule has 0 radical (unpaired) electrons. The molecule has 1 aromatic heterocycles. The molecule has 2 aliphatic rings. The summed E-state index contributed by atoms with van der Waals surface area (Å²) in [7, 11) is 0. The van der Waals surface area contributed by atoms with Crippen LogP contribution in [0.5, 0.6) is 0 Å². The van der Waals surface area contributed by atoms with Crippen molar-refractivity contribution in [1.82, 2.24) is 15.0 Å². The molecule has 1 aliphatic heterocycles. The summed E-state index contributed by atoms with van der Waals surface area (Å²) in [6.45, 7) is 5.05. The number of carbonyl (C=O) groups is 1. The minimum atomic E-state index is -0.343. The van der Waals surface area contributed by atoms with Crippen molar-refractivity contribution >= 4 is 5.91 Å². The van der Waals surface area contributed by atoms with Crippen LogP contribution in [0.15, 0.2) is 28.8 Å². The van der Waals surface area contributed by atoms with Gasteiger partial charge in [-0.2, -0.15) is 4.98 Å². The molecule has 6 nitrogen and oxygen atoms in total. The fourth-order valence-corrected chi connectivity index (χ4v) is 3.26. The highest BCUT2D eigenvalue weighted by Gasteiger charge is 2.35. The van der Waals surface area contributed by atoms with E-state index in [0.29, 0.717) is 31.3 Å². The minimum Gasteiger partial charge on any atom is -0.362 e. The molecule has 1 saturated heterocycles. The average Bonchev–Trinajstić information content (AvgIpc) is 3.33. The molecule has 0 N–H and O–H groups in total. The van der Waals surface area contributed by atoms with Gasteiger partial charge in [0, 0.05) is 12.5 Å². The van der Waals surface area contributed by atoms with E-state index in [9.17, 15) is 4.79 Å². The third-order valence-corrected chi connectivity index (χ3v) is 4.89. The summed E-state index contributed by atoms with van der Waals surface area (Å²) in [5.74, 6) is 1.81. The first-order valence-corrected chi connectivity index (χ1v) is 8.91. The molecule has 0 unspecified atom stereocenters. The SMILES string of the molecule is Cc1ccccc1CC(=O)N1C[C@@H](C)O[C@@H](c2nc(C3CC3)no2)C1. The normalized spacial score (nSPS) is 23.7. The Bertz CT molecular complexity index is 769. The Kier molecular flexibility index (Phi) is 4.29. The van der Waals surface area contributed by atoms with E-state index in [1.807, 2.05) is 43.0 Å². The topological polar surface area (TPSA) is 68.5 Å². The van der Waals surface area contributed by atoms with E-state index in [-0.39, 0.29) is 18.1 Å². The number of hydrogen-bond acceptors (Lipinski definition) is 5. The van der Waals surface area contributed by atoms with Gasteiger partial charge in [-0.05, 0) is 37.8 Å². The number of aromatic nitrogens is 2. The number of amides is 1. The van der Waals surface area contributed by atoms with E-state index in [1.54, 1.807) is 0 Å². The van der Waals surface area contributed by atoms with Crippen LogP contribution in [0.4, 0.5) is 0 Å². The van der Waals surface area contributed by atoms with Gasteiger partial charge in [0.15, 0.2) is 11.9 Å². The Morgan fingerprint density at radius 2 is 2.08 bits per heavy atom. The number of carbonyl (C=O) groups excluding carboxylic acids is 1.